The molecule has 0 aliphatic carbocycles. The van der Waals surface area contributed by atoms with Crippen LogP contribution in [-0.4, -0.2) is 28.0 Å². The van der Waals surface area contributed by atoms with Crippen molar-refractivity contribution in [1.82, 2.24) is 15.1 Å². The molecule has 0 aliphatic rings. The largest absolute Gasteiger partial charge is 0.350 e. The predicted molar refractivity (Wildman–Crippen MR) is 103 cm³/mol. The van der Waals surface area contributed by atoms with E-state index in [1.54, 1.807) is 11.8 Å². The fourth-order valence-electron chi connectivity index (χ4n) is 2.24. The fourth-order valence-corrected chi connectivity index (χ4v) is 3.06. The summed E-state index contributed by atoms with van der Waals surface area (Å²) in [5.41, 5.74) is 2.67. The van der Waals surface area contributed by atoms with E-state index in [0.29, 0.717) is 18.8 Å². The lowest BCUT2D eigenvalue weighted by atomic mass is 10.2. The molecule has 134 valence electrons. The van der Waals surface area contributed by atoms with Crippen LogP contribution in [0.2, 0.25) is 0 Å². The van der Waals surface area contributed by atoms with Gasteiger partial charge < -0.3 is 5.32 Å². The first-order valence-corrected chi connectivity index (χ1v) is 9.75. The molecule has 25 heavy (non-hydrogen) atoms. The smallest absolute Gasteiger partial charge is 0.271 e. The van der Waals surface area contributed by atoms with Gasteiger partial charge in [0, 0.05) is 30.7 Å². The Kier molecular flexibility index (Phi) is 7.73. The number of aromatic nitrogens is 2. The number of unbranched alkanes of at least 4 members (excludes halogenated alkanes) is 1. The maximum absolute atomic E-state index is 12.2. The minimum Gasteiger partial charge on any atom is -0.350 e. The monoisotopic (exact) mass is 359 g/mol. The molecule has 2 rings (SSSR count). The molecular weight excluding hydrogens is 334 g/mol. The standard InChI is InChI=1S/C19H25N3O2S/c1-3-4-12-22-18(23)10-9-17(21-22)19(24)20-11-13-25-14-16-7-5-15(2)6-8-16/h5-10H,3-4,11-14H2,1-2H3,(H,20,24). The lowest BCUT2D eigenvalue weighted by Crippen LogP contribution is -2.30. The Hall–Kier alpha value is -2.08. The third kappa shape index (κ3) is 6.38. The number of nitrogens with one attached hydrogen (secondary N) is 1. The van der Waals surface area contributed by atoms with Crippen molar-refractivity contribution in [2.24, 2.45) is 0 Å². The predicted octanol–water partition coefficient (Wildman–Crippen LogP) is 3.02. The Bertz CT molecular complexity index is 741. The van der Waals surface area contributed by atoms with Crippen molar-refractivity contribution in [2.75, 3.05) is 12.3 Å². The van der Waals surface area contributed by atoms with E-state index in [1.807, 2.05) is 0 Å². The van der Waals surface area contributed by atoms with E-state index >= 15 is 0 Å². The quantitative estimate of drug-likeness (QED) is 0.699. The van der Waals surface area contributed by atoms with Gasteiger partial charge in [0.2, 0.25) is 0 Å². The summed E-state index contributed by atoms with van der Waals surface area (Å²) in [5, 5.41) is 7.01. The number of nitrogens with zero attached hydrogens (tertiary/aromatic N) is 2. The number of hydrogen-bond donors (Lipinski definition) is 1. The van der Waals surface area contributed by atoms with Crippen LogP contribution in [0.15, 0.2) is 41.2 Å². The van der Waals surface area contributed by atoms with Crippen LogP contribution in [0.1, 0.15) is 41.4 Å². The first kappa shape index (κ1) is 19.2. The van der Waals surface area contributed by atoms with Crippen molar-refractivity contribution in [3.8, 4) is 0 Å². The van der Waals surface area contributed by atoms with Gasteiger partial charge in [0.05, 0.1) is 0 Å². The molecule has 6 heteroatoms. The minimum absolute atomic E-state index is 0.168. The first-order chi connectivity index (χ1) is 12.1. The maximum Gasteiger partial charge on any atom is 0.271 e. The molecule has 5 nitrogen and oxygen atoms in total. The van der Waals surface area contributed by atoms with E-state index in [-0.39, 0.29) is 11.5 Å². The molecule has 0 unspecified atom stereocenters. The summed E-state index contributed by atoms with van der Waals surface area (Å²) in [4.78, 5) is 23.9. The molecule has 1 aromatic heterocycles. The molecule has 0 fully saturated rings. The van der Waals surface area contributed by atoms with Crippen molar-refractivity contribution >= 4 is 17.7 Å². The van der Waals surface area contributed by atoms with Gasteiger partial charge >= 0.3 is 0 Å². The highest BCUT2D eigenvalue weighted by Gasteiger charge is 2.09. The van der Waals surface area contributed by atoms with Gasteiger partial charge in [-0.15, -0.1) is 0 Å². The molecule has 1 N–H and O–H groups in total. The van der Waals surface area contributed by atoms with Crippen LogP contribution in [0, 0.1) is 6.92 Å². The zero-order chi connectivity index (χ0) is 18.1. The van der Waals surface area contributed by atoms with Crippen molar-refractivity contribution in [1.29, 1.82) is 0 Å². The van der Waals surface area contributed by atoms with Crippen LogP contribution in [0.25, 0.3) is 0 Å². The molecule has 1 heterocycles. The third-order valence-corrected chi connectivity index (χ3v) is 4.77. The van der Waals surface area contributed by atoms with Gasteiger partial charge in [-0.05, 0) is 25.0 Å². The topological polar surface area (TPSA) is 64.0 Å². The van der Waals surface area contributed by atoms with Gasteiger partial charge in [0.25, 0.3) is 11.5 Å². The van der Waals surface area contributed by atoms with Crippen molar-refractivity contribution in [3.63, 3.8) is 0 Å². The summed E-state index contributed by atoms with van der Waals surface area (Å²) in [7, 11) is 0. The normalized spacial score (nSPS) is 10.6. The van der Waals surface area contributed by atoms with E-state index < -0.39 is 0 Å². The molecule has 0 aliphatic heterocycles. The van der Waals surface area contributed by atoms with Gasteiger partial charge in [-0.3, -0.25) is 9.59 Å². The third-order valence-electron chi connectivity index (χ3n) is 3.74. The molecule has 2 aromatic rings. The van der Waals surface area contributed by atoms with Gasteiger partial charge in [-0.2, -0.15) is 16.9 Å². The van der Waals surface area contributed by atoms with Crippen LogP contribution in [-0.2, 0) is 12.3 Å². The van der Waals surface area contributed by atoms with Crippen LogP contribution in [0.3, 0.4) is 0 Å². The van der Waals surface area contributed by atoms with Gasteiger partial charge in [0.1, 0.15) is 5.69 Å². The molecule has 1 amide bonds. The first-order valence-electron chi connectivity index (χ1n) is 8.60. The van der Waals surface area contributed by atoms with Crippen molar-refractivity contribution in [2.45, 2.75) is 39.0 Å². The van der Waals surface area contributed by atoms with Crippen molar-refractivity contribution in [3.05, 3.63) is 63.6 Å². The molecule has 0 atom stereocenters. The molecule has 0 radical (unpaired) electrons. The summed E-state index contributed by atoms with van der Waals surface area (Å²) in [5.74, 6) is 1.52. The van der Waals surface area contributed by atoms with E-state index in [1.165, 1.54) is 27.9 Å². The molecular formula is C19H25N3O2S. The summed E-state index contributed by atoms with van der Waals surface area (Å²) in [6.45, 7) is 5.25. The lowest BCUT2D eigenvalue weighted by molar-refractivity contribution is 0.0948. The van der Waals surface area contributed by atoms with Crippen molar-refractivity contribution < 1.29 is 4.79 Å². The molecule has 0 saturated carbocycles. The average Bonchev–Trinajstić information content (AvgIpc) is 2.62. The van der Waals surface area contributed by atoms with Crippen LogP contribution >= 0.6 is 11.8 Å². The van der Waals surface area contributed by atoms with E-state index in [2.05, 4.69) is 48.5 Å². The Morgan fingerprint density at radius 1 is 1.20 bits per heavy atom. The number of benzene rings is 1. The highest BCUT2D eigenvalue weighted by atomic mass is 32.2. The van der Waals surface area contributed by atoms with Gasteiger partial charge in [-0.1, -0.05) is 43.2 Å². The summed E-state index contributed by atoms with van der Waals surface area (Å²) in [6.07, 6.45) is 1.84. The highest BCUT2D eigenvalue weighted by molar-refractivity contribution is 7.98. The molecule has 0 saturated heterocycles. The number of carbonyl (C=O) groups excluding carboxylic acids is 1. The maximum atomic E-state index is 12.2. The van der Waals surface area contributed by atoms with Gasteiger partial charge in [-0.25, -0.2) is 4.68 Å². The second-order valence-electron chi connectivity index (χ2n) is 5.93. The fraction of sp³-hybridized carbons (Fsp3) is 0.421. The number of rotatable bonds is 9. The Morgan fingerprint density at radius 3 is 2.68 bits per heavy atom. The zero-order valence-corrected chi connectivity index (χ0v) is 15.6. The number of carbonyl (C=O) groups is 1. The second-order valence-corrected chi connectivity index (χ2v) is 7.03. The lowest BCUT2D eigenvalue weighted by Gasteiger charge is -2.07. The summed E-state index contributed by atoms with van der Waals surface area (Å²) >= 11 is 1.78. The average molecular weight is 359 g/mol. The minimum atomic E-state index is -0.235. The highest BCUT2D eigenvalue weighted by Crippen LogP contribution is 2.12. The van der Waals surface area contributed by atoms with E-state index in [0.717, 1.165) is 24.3 Å². The zero-order valence-electron chi connectivity index (χ0n) is 14.8. The van der Waals surface area contributed by atoms with Gasteiger partial charge in [0.15, 0.2) is 0 Å². The van der Waals surface area contributed by atoms with Crippen LogP contribution in [0.4, 0.5) is 0 Å². The second kappa shape index (κ2) is 10.0. The Balaban J connectivity index is 1.76. The Morgan fingerprint density at radius 2 is 1.96 bits per heavy atom. The number of thioether (sulfide) groups is 1. The molecule has 0 bridgehead atoms. The molecule has 1 aromatic carbocycles. The van der Waals surface area contributed by atoms with E-state index in [9.17, 15) is 9.59 Å². The number of amides is 1. The SMILES string of the molecule is CCCCn1nc(C(=O)NCCSCc2ccc(C)cc2)ccc1=O. The Labute approximate surface area is 152 Å². The molecule has 0 spiro atoms. The summed E-state index contributed by atoms with van der Waals surface area (Å²) in [6, 6.07) is 11.4. The van der Waals surface area contributed by atoms with Crippen LogP contribution < -0.4 is 10.9 Å². The van der Waals surface area contributed by atoms with Crippen LogP contribution in [0.5, 0.6) is 0 Å². The summed E-state index contributed by atoms with van der Waals surface area (Å²) < 4.78 is 1.37. The number of hydrogen-bond acceptors (Lipinski definition) is 4. The number of aryl methyl sites for hydroxylation is 2. The van der Waals surface area contributed by atoms with E-state index in [4.69, 9.17) is 0 Å².